The van der Waals surface area contributed by atoms with Gasteiger partial charge >= 0.3 is 0 Å². The molecule has 1 heterocycles. The number of thiocarbonyl (C=S) groups is 1. The second-order valence-corrected chi connectivity index (χ2v) is 5.97. The number of carbonyl (C=O) groups is 1. The Kier molecular flexibility index (Phi) is 5.63. The number of benzene rings is 1. The van der Waals surface area contributed by atoms with Gasteiger partial charge in [0.2, 0.25) is 0 Å². The zero-order valence-corrected chi connectivity index (χ0v) is 14.4. The molecule has 0 spiro atoms. The molecule has 2 N–H and O–H groups in total. The highest BCUT2D eigenvalue weighted by Crippen LogP contribution is 2.07. The summed E-state index contributed by atoms with van der Waals surface area (Å²) in [6.45, 7) is 2.07. The van der Waals surface area contributed by atoms with Gasteiger partial charge in [0.05, 0.1) is 0 Å². The van der Waals surface area contributed by atoms with E-state index in [0.717, 1.165) is 9.99 Å². The number of nitrogens with one attached hydrogen (secondary N) is 2. The van der Waals surface area contributed by atoms with Gasteiger partial charge in [0.15, 0.2) is 5.11 Å². The maximum absolute atomic E-state index is 12.0. The topological polar surface area (TPSA) is 54.0 Å². The second kappa shape index (κ2) is 7.46. The van der Waals surface area contributed by atoms with E-state index in [2.05, 4.69) is 45.1 Å². The van der Waals surface area contributed by atoms with Gasteiger partial charge in [0, 0.05) is 15.3 Å². The third-order valence-corrected chi connectivity index (χ3v) is 3.66. The number of halogens is 1. The maximum atomic E-state index is 12.0. The molecule has 0 bridgehead atoms. The molecule has 1 amide bonds. The van der Waals surface area contributed by atoms with Crippen LogP contribution in [-0.2, 0) is 6.42 Å². The Morgan fingerprint density at radius 2 is 1.95 bits per heavy atom. The number of anilines is 1. The van der Waals surface area contributed by atoms with Gasteiger partial charge in [0.25, 0.3) is 5.91 Å². The molecule has 4 nitrogen and oxygen atoms in total. The van der Waals surface area contributed by atoms with E-state index in [1.807, 2.05) is 18.2 Å². The van der Waals surface area contributed by atoms with E-state index in [0.29, 0.717) is 11.4 Å². The highest BCUT2D eigenvalue weighted by molar-refractivity contribution is 14.1. The molecule has 108 valence electrons. The molecule has 21 heavy (non-hydrogen) atoms. The fourth-order valence-corrected chi connectivity index (χ4v) is 2.18. The van der Waals surface area contributed by atoms with Crippen molar-refractivity contribution in [2.45, 2.75) is 13.3 Å². The number of amides is 1. The van der Waals surface area contributed by atoms with Crippen molar-refractivity contribution in [1.29, 1.82) is 0 Å². The number of hydrogen-bond donors (Lipinski definition) is 2. The van der Waals surface area contributed by atoms with Crippen molar-refractivity contribution in [3.63, 3.8) is 0 Å². The quantitative estimate of drug-likeness (QED) is 0.601. The summed E-state index contributed by atoms with van der Waals surface area (Å²) in [7, 11) is 0. The van der Waals surface area contributed by atoms with Crippen molar-refractivity contribution in [2.24, 2.45) is 0 Å². The molecule has 1 aromatic carbocycles. The molecule has 2 aromatic rings. The Hall–Kier alpha value is -1.54. The van der Waals surface area contributed by atoms with Crippen LogP contribution < -0.4 is 10.6 Å². The number of pyridine rings is 1. The van der Waals surface area contributed by atoms with E-state index in [1.165, 1.54) is 5.56 Å². The molecule has 0 aliphatic carbocycles. The van der Waals surface area contributed by atoms with E-state index in [1.54, 1.807) is 24.4 Å². The van der Waals surface area contributed by atoms with E-state index >= 15 is 0 Å². The molecule has 0 saturated heterocycles. The van der Waals surface area contributed by atoms with Crippen molar-refractivity contribution < 1.29 is 4.79 Å². The average molecular weight is 411 g/mol. The van der Waals surface area contributed by atoms with Crippen LogP contribution in [-0.4, -0.2) is 16.0 Å². The van der Waals surface area contributed by atoms with E-state index < -0.39 is 0 Å². The molecular weight excluding hydrogens is 397 g/mol. The molecule has 0 fully saturated rings. The van der Waals surface area contributed by atoms with Crippen LogP contribution in [0.25, 0.3) is 0 Å². The SMILES string of the molecule is CCc1ccc(C(=O)NC(=S)Nc2ccc(I)cn2)cc1. The molecule has 1 aromatic heterocycles. The Bertz CT molecular complexity index is 641. The van der Waals surface area contributed by atoms with Crippen molar-refractivity contribution in [3.8, 4) is 0 Å². The molecule has 6 heteroatoms. The molecule has 0 aliphatic rings. The first kappa shape index (κ1) is 15.8. The summed E-state index contributed by atoms with van der Waals surface area (Å²) >= 11 is 7.28. The van der Waals surface area contributed by atoms with Crippen LogP contribution in [0.3, 0.4) is 0 Å². The van der Waals surface area contributed by atoms with Crippen LogP contribution in [0.4, 0.5) is 5.82 Å². The van der Waals surface area contributed by atoms with Crippen LogP contribution in [0.15, 0.2) is 42.6 Å². The second-order valence-electron chi connectivity index (χ2n) is 4.32. The van der Waals surface area contributed by atoms with Crippen molar-refractivity contribution in [2.75, 3.05) is 5.32 Å². The molecule has 0 unspecified atom stereocenters. The normalized spacial score (nSPS) is 10.0. The lowest BCUT2D eigenvalue weighted by Gasteiger charge is -2.09. The average Bonchev–Trinajstić information content (AvgIpc) is 2.49. The van der Waals surface area contributed by atoms with Crippen LogP contribution in [0.1, 0.15) is 22.8 Å². The lowest BCUT2D eigenvalue weighted by atomic mass is 10.1. The Morgan fingerprint density at radius 3 is 2.52 bits per heavy atom. The number of carbonyl (C=O) groups excluding carboxylic acids is 1. The van der Waals surface area contributed by atoms with E-state index in [-0.39, 0.29) is 11.0 Å². The molecule has 0 radical (unpaired) electrons. The predicted octanol–water partition coefficient (Wildman–Crippen LogP) is 3.38. The highest BCUT2D eigenvalue weighted by Gasteiger charge is 2.08. The van der Waals surface area contributed by atoms with Crippen LogP contribution in [0.2, 0.25) is 0 Å². The van der Waals surface area contributed by atoms with Crippen LogP contribution in [0, 0.1) is 3.57 Å². The van der Waals surface area contributed by atoms with Gasteiger partial charge < -0.3 is 5.32 Å². The number of rotatable bonds is 3. The minimum atomic E-state index is -0.235. The first-order valence-electron chi connectivity index (χ1n) is 6.41. The van der Waals surface area contributed by atoms with Gasteiger partial charge in [-0.25, -0.2) is 4.98 Å². The van der Waals surface area contributed by atoms with E-state index in [4.69, 9.17) is 12.2 Å². The monoisotopic (exact) mass is 411 g/mol. The van der Waals surface area contributed by atoms with Gasteiger partial charge in [-0.15, -0.1) is 0 Å². The summed E-state index contributed by atoms with van der Waals surface area (Å²) in [5, 5.41) is 5.74. The smallest absolute Gasteiger partial charge is 0.257 e. The number of aryl methyl sites for hydroxylation is 1. The Labute approximate surface area is 142 Å². The minimum Gasteiger partial charge on any atom is -0.317 e. The third-order valence-electron chi connectivity index (χ3n) is 2.82. The predicted molar refractivity (Wildman–Crippen MR) is 96.5 cm³/mol. The standard InChI is InChI=1S/C15H14IN3OS/c1-2-10-3-5-11(6-4-10)14(20)19-15(21)18-13-8-7-12(16)9-17-13/h3-9H,2H2,1H3,(H2,17,18,19,20,21). The largest absolute Gasteiger partial charge is 0.317 e. The summed E-state index contributed by atoms with van der Waals surface area (Å²) in [5.41, 5.74) is 1.77. The first-order chi connectivity index (χ1) is 10.1. The third kappa shape index (κ3) is 4.75. The lowest BCUT2D eigenvalue weighted by molar-refractivity contribution is 0.0977. The minimum absolute atomic E-state index is 0.230. The maximum Gasteiger partial charge on any atom is 0.257 e. The van der Waals surface area contributed by atoms with Crippen molar-refractivity contribution in [3.05, 3.63) is 57.3 Å². The van der Waals surface area contributed by atoms with E-state index in [9.17, 15) is 4.79 Å². The van der Waals surface area contributed by atoms with Gasteiger partial charge in [-0.3, -0.25) is 10.1 Å². The molecule has 2 rings (SSSR count). The van der Waals surface area contributed by atoms with Crippen LogP contribution >= 0.6 is 34.8 Å². The lowest BCUT2D eigenvalue weighted by Crippen LogP contribution is -2.34. The molecule has 0 saturated carbocycles. The summed E-state index contributed by atoms with van der Waals surface area (Å²) in [4.78, 5) is 16.2. The van der Waals surface area contributed by atoms with Gasteiger partial charge in [-0.2, -0.15) is 0 Å². The number of aromatic nitrogens is 1. The summed E-state index contributed by atoms with van der Waals surface area (Å²) < 4.78 is 1.03. The Balaban J connectivity index is 1.95. The van der Waals surface area contributed by atoms with Crippen molar-refractivity contribution in [1.82, 2.24) is 10.3 Å². The highest BCUT2D eigenvalue weighted by atomic mass is 127. The fraction of sp³-hybridized carbons (Fsp3) is 0.133. The summed E-state index contributed by atoms with van der Waals surface area (Å²) in [6, 6.07) is 11.2. The zero-order chi connectivity index (χ0) is 15.2. The molecule has 0 atom stereocenters. The Morgan fingerprint density at radius 1 is 1.24 bits per heavy atom. The number of nitrogens with zero attached hydrogens (tertiary/aromatic N) is 1. The summed E-state index contributed by atoms with van der Waals surface area (Å²) in [5.74, 6) is 0.364. The zero-order valence-electron chi connectivity index (χ0n) is 11.4. The fourth-order valence-electron chi connectivity index (χ4n) is 1.66. The summed E-state index contributed by atoms with van der Waals surface area (Å²) in [6.07, 6.45) is 2.66. The van der Waals surface area contributed by atoms with Gasteiger partial charge in [-0.1, -0.05) is 19.1 Å². The van der Waals surface area contributed by atoms with Crippen molar-refractivity contribution >= 4 is 51.6 Å². The van der Waals surface area contributed by atoms with Gasteiger partial charge in [-0.05, 0) is 71.1 Å². The van der Waals surface area contributed by atoms with Crippen LogP contribution in [0.5, 0.6) is 0 Å². The van der Waals surface area contributed by atoms with Gasteiger partial charge in [0.1, 0.15) is 5.82 Å². The number of hydrogen-bond acceptors (Lipinski definition) is 3. The first-order valence-corrected chi connectivity index (χ1v) is 7.90. The molecule has 0 aliphatic heterocycles. The molecular formula is C15H14IN3OS.